The minimum absolute atomic E-state index is 0.263. The molecule has 0 bridgehead atoms. The van der Waals surface area contributed by atoms with Crippen molar-refractivity contribution in [1.82, 2.24) is 9.31 Å². The molecule has 1 aromatic rings. The summed E-state index contributed by atoms with van der Waals surface area (Å²) in [5.74, 6) is 5.75. The van der Waals surface area contributed by atoms with Gasteiger partial charge in [-0.3, -0.25) is 5.84 Å². The summed E-state index contributed by atoms with van der Waals surface area (Å²) in [6, 6.07) is 6.93. The summed E-state index contributed by atoms with van der Waals surface area (Å²) in [6.07, 6.45) is 3.27. The van der Waals surface area contributed by atoms with Gasteiger partial charge in [0.25, 0.3) is 10.0 Å². The number of hydrogen-bond donors (Lipinski definition) is 1. The van der Waals surface area contributed by atoms with Gasteiger partial charge < -0.3 is 4.90 Å². The Hall–Kier alpha value is -0.950. The van der Waals surface area contributed by atoms with Crippen LogP contribution in [0.4, 0.5) is 0 Å². The number of nitrogens with zero attached hydrogens (tertiary/aromatic N) is 2. The number of sulfonamides is 1. The Morgan fingerprint density at radius 2 is 1.80 bits per heavy atom. The molecule has 5 nitrogen and oxygen atoms in total. The molecule has 0 spiro atoms. The van der Waals surface area contributed by atoms with Crippen LogP contribution in [-0.4, -0.2) is 43.9 Å². The third-order valence-electron chi connectivity index (χ3n) is 3.77. The van der Waals surface area contributed by atoms with Crippen LogP contribution in [0.15, 0.2) is 29.2 Å². The van der Waals surface area contributed by atoms with Gasteiger partial charge in [0.2, 0.25) is 0 Å². The zero-order valence-electron chi connectivity index (χ0n) is 12.0. The Bertz CT molecular complexity index is 522. The minimum Gasteiger partial charge on any atom is -0.302 e. The molecule has 0 unspecified atom stereocenters. The number of hydrazine groups is 1. The largest absolute Gasteiger partial charge is 0.302 e. The van der Waals surface area contributed by atoms with Crippen molar-refractivity contribution in [2.75, 3.05) is 26.2 Å². The van der Waals surface area contributed by atoms with Gasteiger partial charge in [-0.05, 0) is 50.0 Å². The number of likely N-dealkylation sites (tertiary alicyclic amines) is 1. The Balaban J connectivity index is 2.00. The lowest BCUT2D eigenvalue weighted by Gasteiger charge is -2.20. The van der Waals surface area contributed by atoms with Crippen LogP contribution in [0.25, 0.3) is 0 Å². The third-order valence-corrected chi connectivity index (χ3v) is 5.44. The van der Waals surface area contributed by atoms with E-state index in [9.17, 15) is 8.42 Å². The molecule has 1 aromatic carbocycles. The van der Waals surface area contributed by atoms with Crippen molar-refractivity contribution in [3.8, 4) is 0 Å². The molecule has 0 amide bonds. The quantitative estimate of drug-likeness (QED) is 0.633. The van der Waals surface area contributed by atoms with E-state index >= 15 is 0 Å². The number of rotatable bonds is 6. The van der Waals surface area contributed by atoms with Gasteiger partial charge in [-0.1, -0.05) is 19.1 Å². The second-order valence-corrected chi connectivity index (χ2v) is 7.05. The summed E-state index contributed by atoms with van der Waals surface area (Å²) >= 11 is 0. The molecule has 0 radical (unpaired) electrons. The monoisotopic (exact) mass is 297 g/mol. The number of benzene rings is 1. The molecule has 6 heteroatoms. The third kappa shape index (κ3) is 3.58. The molecule has 20 heavy (non-hydrogen) atoms. The normalized spacial score (nSPS) is 16.9. The molecule has 1 aliphatic rings. The predicted octanol–water partition coefficient (Wildman–Crippen LogP) is 1.21. The zero-order valence-corrected chi connectivity index (χ0v) is 12.8. The molecule has 2 rings (SSSR count). The maximum absolute atomic E-state index is 12.3. The molecular formula is C14H23N3O2S. The Labute approximate surface area is 121 Å². The summed E-state index contributed by atoms with van der Waals surface area (Å²) in [5.41, 5.74) is 1.12. The van der Waals surface area contributed by atoms with Gasteiger partial charge in [-0.25, -0.2) is 8.42 Å². The molecule has 2 N–H and O–H groups in total. The summed E-state index contributed by atoms with van der Waals surface area (Å²) in [5, 5.41) is 0. The first kappa shape index (κ1) is 15.4. The van der Waals surface area contributed by atoms with Crippen molar-refractivity contribution in [1.29, 1.82) is 0 Å². The summed E-state index contributed by atoms with van der Waals surface area (Å²) in [7, 11) is -3.57. The highest BCUT2D eigenvalue weighted by atomic mass is 32.2. The van der Waals surface area contributed by atoms with E-state index in [1.54, 1.807) is 12.1 Å². The Morgan fingerprint density at radius 3 is 2.35 bits per heavy atom. The van der Waals surface area contributed by atoms with Crippen LogP contribution >= 0.6 is 0 Å². The second-order valence-electron chi connectivity index (χ2n) is 5.16. The average Bonchev–Trinajstić information content (AvgIpc) is 2.98. The van der Waals surface area contributed by atoms with Crippen molar-refractivity contribution in [3.05, 3.63) is 29.8 Å². The molecule has 0 saturated carbocycles. The number of nitrogens with two attached hydrogens (primary N) is 1. The van der Waals surface area contributed by atoms with Crippen LogP contribution in [0.5, 0.6) is 0 Å². The second kappa shape index (κ2) is 6.67. The highest BCUT2D eigenvalue weighted by Gasteiger charge is 2.22. The van der Waals surface area contributed by atoms with E-state index in [1.807, 2.05) is 19.1 Å². The first-order valence-electron chi connectivity index (χ1n) is 7.13. The van der Waals surface area contributed by atoms with Crippen molar-refractivity contribution in [3.63, 3.8) is 0 Å². The molecule has 112 valence electrons. The molecular weight excluding hydrogens is 274 g/mol. The van der Waals surface area contributed by atoms with Gasteiger partial charge in [-0.15, -0.1) is 4.41 Å². The van der Waals surface area contributed by atoms with Gasteiger partial charge in [-0.2, -0.15) is 0 Å². The van der Waals surface area contributed by atoms with Gasteiger partial charge in [0.1, 0.15) is 0 Å². The van der Waals surface area contributed by atoms with Crippen LogP contribution in [-0.2, 0) is 16.4 Å². The van der Waals surface area contributed by atoms with Crippen LogP contribution in [0.1, 0.15) is 25.3 Å². The van der Waals surface area contributed by atoms with Gasteiger partial charge in [0.15, 0.2) is 0 Å². The van der Waals surface area contributed by atoms with E-state index in [0.29, 0.717) is 13.1 Å². The van der Waals surface area contributed by atoms with E-state index in [2.05, 4.69) is 4.90 Å². The predicted molar refractivity (Wildman–Crippen MR) is 79.6 cm³/mol. The van der Waals surface area contributed by atoms with E-state index < -0.39 is 10.0 Å². The molecule has 0 aromatic heterocycles. The SMILES string of the molecule is CCc1ccc(S(=O)(=O)N(N)CCN2CCCC2)cc1. The summed E-state index contributed by atoms with van der Waals surface area (Å²) in [4.78, 5) is 2.51. The molecule has 1 fully saturated rings. The Morgan fingerprint density at radius 1 is 1.20 bits per heavy atom. The van der Waals surface area contributed by atoms with Crippen molar-refractivity contribution >= 4 is 10.0 Å². The van der Waals surface area contributed by atoms with Gasteiger partial charge in [0, 0.05) is 13.1 Å². The van der Waals surface area contributed by atoms with Gasteiger partial charge >= 0.3 is 0 Å². The van der Waals surface area contributed by atoms with E-state index in [1.165, 1.54) is 12.8 Å². The van der Waals surface area contributed by atoms with Crippen LogP contribution in [0.2, 0.25) is 0 Å². The molecule has 1 heterocycles. The van der Waals surface area contributed by atoms with Crippen molar-refractivity contribution < 1.29 is 8.42 Å². The fourth-order valence-corrected chi connectivity index (χ4v) is 3.47. The van der Waals surface area contributed by atoms with Crippen molar-refractivity contribution in [2.24, 2.45) is 5.84 Å². The standard InChI is InChI=1S/C14H23N3O2S/c1-2-13-5-7-14(8-6-13)20(18,19)17(15)12-11-16-9-3-4-10-16/h5-8H,2-4,9-12,15H2,1H3. The summed E-state index contributed by atoms with van der Waals surface area (Å²) in [6.45, 7) is 5.15. The Kier molecular flexibility index (Phi) is 5.15. The van der Waals surface area contributed by atoms with Gasteiger partial charge in [0.05, 0.1) is 4.90 Å². The number of hydrogen-bond acceptors (Lipinski definition) is 4. The van der Waals surface area contributed by atoms with Crippen LogP contribution in [0.3, 0.4) is 0 Å². The first-order chi connectivity index (χ1) is 9.54. The first-order valence-corrected chi connectivity index (χ1v) is 8.57. The molecule has 0 atom stereocenters. The van der Waals surface area contributed by atoms with E-state index in [4.69, 9.17) is 5.84 Å². The summed E-state index contributed by atoms with van der Waals surface area (Å²) < 4.78 is 25.6. The van der Waals surface area contributed by atoms with Crippen LogP contribution in [0, 0.1) is 0 Å². The molecule has 0 aliphatic carbocycles. The molecule has 1 aliphatic heterocycles. The fourth-order valence-electron chi connectivity index (χ4n) is 2.40. The van der Waals surface area contributed by atoms with Crippen molar-refractivity contribution in [2.45, 2.75) is 31.1 Å². The highest BCUT2D eigenvalue weighted by Crippen LogP contribution is 2.15. The lowest BCUT2D eigenvalue weighted by molar-refractivity contribution is 0.297. The average molecular weight is 297 g/mol. The smallest absolute Gasteiger partial charge is 0.255 e. The highest BCUT2D eigenvalue weighted by molar-refractivity contribution is 7.89. The lowest BCUT2D eigenvalue weighted by Crippen LogP contribution is -2.42. The molecule has 1 saturated heterocycles. The topological polar surface area (TPSA) is 66.6 Å². The van der Waals surface area contributed by atoms with Crippen LogP contribution < -0.4 is 5.84 Å². The van der Waals surface area contributed by atoms with E-state index in [-0.39, 0.29) is 4.90 Å². The zero-order chi connectivity index (χ0) is 14.6. The van der Waals surface area contributed by atoms with E-state index in [0.717, 1.165) is 29.5 Å². The minimum atomic E-state index is -3.57. The number of aryl methyl sites for hydroxylation is 1. The maximum Gasteiger partial charge on any atom is 0.255 e. The fraction of sp³-hybridized carbons (Fsp3) is 0.571. The maximum atomic E-state index is 12.3. The lowest BCUT2D eigenvalue weighted by atomic mass is 10.2.